The topological polar surface area (TPSA) is 41.6 Å². The Morgan fingerprint density at radius 1 is 0.352 bits per heavy atom. The molecule has 0 saturated heterocycles. The van der Waals surface area contributed by atoms with Crippen molar-refractivity contribution in [2.24, 2.45) is 0 Å². The molecule has 5 heteroatoms. The molecule has 0 bridgehead atoms. The number of aromatic nitrogens is 1. The Hall–Kier alpha value is -7.37. The van der Waals surface area contributed by atoms with Gasteiger partial charge in [0.05, 0.1) is 44.6 Å². The summed E-state index contributed by atoms with van der Waals surface area (Å²) in [6.07, 6.45) is 0. The van der Waals surface area contributed by atoms with Gasteiger partial charge in [-0.1, -0.05) is 97.1 Å². The summed E-state index contributed by atoms with van der Waals surface area (Å²) in [5.74, 6) is 0. The molecular formula is C49H31N3O2. The van der Waals surface area contributed by atoms with Gasteiger partial charge in [0.2, 0.25) is 5.43 Å². The van der Waals surface area contributed by atoms with E-state index in [4.69, 9.17) is 4.42 Å². The van der Waals surface area contributed by atoms with Crippen LogP contribution < -0.4 is 15.2 Å². The molecule has 54 heavy (non-hydrogen) atoms. The molecule has 0 aliphatic carbocycles. The van der Waals surface area contributed by atoms with Crippen LogP contribution in [0.25, 0.3) is 60.6 Å². The maximum absolute atomic E-state index is 13.4. The smallest absolute Gasteiger partial charge is 0.200 e. The van der Waals surface area contributed by atoms with Gasteiger partial charge in [0.25, 0.3) is 0 Å². The summed E-state index contributed by atoms with van der Waals surface area (Å²) in [6.45, 7) is 0. The van der Waals surface area contributed by atoms with Crippen LogP contribution in [0.5, 0.6) is 0 Å². The number of rotatable bonds is 4. The Labute approximate surface area is 310 Å². The van der Waals surface area contributed by atoms with Gasteiger partial charge in [-0.2, -0.15) is 0 Å². The van der Waals surface area contributed by atoms with Gasteiger partial charge < -0.3 is 18.8 Å². The lowest BCUT2D eigenvalue weighted by molar-refractivity contribution is 0.660. The molecule has 0 radical (unpaired) electrons. The minimum Gasteiger partial charge on any atom is -0.456 e. The quantitative estimate of drug-likeness (QED) is 0.172. The molecule has 0 spiro atoms. The van der Waals surface area contributed by atoms with E-state index < -0.39 is 0 Å². The monoisotopic (exact) mass is 693 g/mol. The predicted molar refractivity (Wildman–Crippen MR) is 223 cm³/mol. The van der Waals surface area contributed by atoms with Crippen LogP contribution in [-0.4, -0.2) is 4.57 Å². The van der Waals surface area contributed by atoms with Gasteiger partial charge in [0.15, 0.2) is 0 Å². The fourth-order valence-corrected chi connectivity index (χ4v) is 8.24. The van der Waals surface area contributed by atoms with Gasteiger partial charge in [0, 0.05) is 27.8 Å². The van der Waals surface area contributed by atoms with Gasteiger partial charge in [-0.25, -0.2) is 0 Å². The summed E-state index contributed by atoms with van der Waals surface area (Å²) >= 11 is 0. The Morgan fingerprint density at radius 2 is 0.852 bits per heavy atom. The molecule has 1 aliphatic rings. The van der Waals surface area contributed by atoms with E-state index in [-0.39, 0.29) is 5.43 Å². The molecule has 11 rings (SSSR count). The van der Waals surface area contributed by atoms with Gasteiger partial charge in [-0.3, -0.25) is 4.79 Å². The molecule has 0 amide bonds. The summed E-state index contributed by atoms with van der Waals surface area (Å²) in [7, 11) is 0. The summed E-state index contributed by atoms with van der Waals surface area (Å²) in [4.78, 5) is 18.1. The van der Waals surface area contributed by atoms with Crippen molar-refractivity contribution in [3.05, 3.63) is 198 Å². The zero-order valence-electron chi connectivity index (χ0n) is 29.1. The van der Waals surface area contributed by atoms with Crippen molar-refractivity contribution in [3.8, 4) is 16.8 Å². The molecule has 0 unspecified atom stereocenters. The Morgan fingerprint density at radius 3 is 1.52 bits per heavy atom. The summed E-state index contributed by atoms with van der Waals surface area (Å²) in [5.41, 5.74) is 12.9. The molecule has 2 aromatic heterocycles. The van der Waals surface area contributed by atoms with Crippen molar-refractivity contribution in [3.63, 3.8) is 0 Å². The van der Waals surface area contributed by atoms with Crippen molar-refractivity contribution in [2.45, 2.75) is 0 Å². The lowest BCUT2D eigenvalue weighted by atomic mass is 9.98. The van der Waals surface area contributed by atoms with Crippen molar-refractivity contribution in [1.29, 1.82) is 0 Å². The zero-order chi connectivity index (χ0) is 35.8. The number of anilines is 6. The second-order valence-electron chi connectivity index (χ2n) is 13.7. The zero-order valence-corrected chi connectivity index (χ0v) is 29.1. The van der Waals surface area contributed by atoms with E-state index in [0.29, 0.717) is 21.9 Å². The highest BCUT2D eigenvalue weighted by molar-refractivity contribution is 6.10. The summed E-state index contributed by atoms with van der Waals surface area (Å²) in [6, 6.07) is 65.2. The van der Waals surface area contributed by atoms with E-state index in [1.54, 1.807) is 0 Å². The molecule has 10 aromatic rings. The third-order valence-corrected chi connectivity index (χ3v) is 10.7. The molecular weight excluding hydrogens is 663 g/mol. The standard InChI is InChI=1S/C49H31N3O2/c53-49-39-19-9-12-22-47(39)54-48-30-33(23-26-40(48)49)32-24-27-43-45(29-32)50(34-13-3-1-4-14-34)44-28-25-36(31-46(44)51(43)35-15-5-2-6-16-35)52-41-20-10-7-17-37(41)38-18-8-11-21-42(38)52/h1-31H. The molecule has 0 N–H and O–H groups in total. The van der Waals surface area contributed by atoms with Crippen molar-refractivity contribution >= 4 is 77.9 Å². The number of benzene rings is 8. The Balaban J connectivity index is 1.15. The largest absolute Gasteiger partial charge is 0.456 e. The molecule has 0 atom stereocenters. The SMILES string of the molecule is O=c1c2ccccc2oc2cc(-c3ccc4c(c3)N(c3ccccc3)c3ccc(-n5c6ccccc6c6ccccc65)cc3N4c3ccccc3)ccc12. The lowest BCUT2D eigenvalue weighted by Gasteiger charge is -2.41. The molecule has 1 aliphatic heterocycles. The Kier molecular flexibility index (Phi) is 6.64. The average Bonchev–Trinajstić information content (AvgIpc) is 3.57. The molecule has 0 fully saturated rings. The normalized spacial score (nSPS) is 12.4. The highest BCUT2D eigenvalue weighted by atomic mass is 16.3. The summed E-state index contributed by atoms with van der Waals surface area (Å²) < 4.78 is 8.66. The maximum Gasteiger partial charge on any atom is 0.200 e. The van der Waals surface area contributed by atoms with Crippen LogP contribution >= 0.6 is 0 Å². The highest BCUT2D eigenvalue weighted by Gasteiger charge is 2.32. The fraction of sp³-hybridized carbons (Fsp3) is 0. The first-order valence-electron chi connectivity index (χ1n) is 18.1. The van der Waals surface area contributed by atoms with Crippen molar-refractivity contribution in [1.82, 2.24) is 4.57 Å². The third-order valence-electron chi connectivity index (χ3n) is 10.7. The van der Waals surface area contributed by atoms with E-state index in [1.165, 1.54) is 21.8 Å². The number of fused-ring (bicyclic) bond motifs is 7. The van der Waals surface area contributed by atoms with Gasteiger partial charge in [0.1, 0.15) is 11.2 Å². The molecule has 3 heterocycles. The van der Waals surface area contributed by atoms with E-state index in [1.807, 2.05) is 42.5 Å². The first-order valence-corrected chi connectivity index (χ1v) is 18.1. The number of hydrogen-bond donors (Lipinski definition) is 0. The first kappa shape index (κ1) is 30.3. The van der Waals surface area contributed by atoms with Crippen LogP contribution in [0.2, 0.25) is 0 Å². The minimum atomic E-state index is -0.0190. The number of hydrogen-bond acceptors (Lipinski definition) is 4. The molecule has 254 valence electrons. The highest BCUT2D eigenvalue weighted by Crippen LogP contribution is 2.55. The van der Waals surface area contributed by atoms with Crippen LogP contribution in [0.3, 0.4) is 0 Å². The van der Waals surface area contributed by atoms with Crippen LogP contribution in [0, 0.1) is 0 Å². The van der Waals surface area contributed by atoms with E-state index in [2.05, 4.69) is 160 Å². The van der Waals surface area contributed by atoms with Crippen molar-refractivity contribution < 1.29 is 4.42 Å². The second kappa shape index (κ2) is 11.8. The molecule has 0 saturated carbocycles. The van der Waals surface area contributed by atoms with E-state index >= 15 is 0 Å². The number of para-hydroxylation sites is 5. The predicted octanol–water partition coefficient (Wildman–Crippen LogP) is 13.0. The van der Waals surface area contributed by atoms with E-state index in [9.17, 15) is 4.79 Å². The van der Waals surface area contributed by atoms with Gasteiger partial charge in [-0.05, 0) is 102 Å². The maximum atomic E-state index is 13.4. The van der Waals surface area contributed by atoms with Crippen LogP contribution in [-0.2, 0) is 0 Å². The summed E-state index contributed by atoms with van der Waals surface area (Å²) in [5, 5.41) is 3.63. The van der Waals surface area contributed by atoms with Gasteiger partial charge >= 0.3 is 0 Å². The third kappa shape index (κ3) is 4.55. The molecule has 5 nitrogen and oxygen atoms in total. The Bertz CT molecular complexity index is 3090. The van der Waals surface area contributed by atoms with Gasteiger partial charge in [-0.15, -0.1) is 0 Å². The van der Waals surface area contributed by atoms with Crippen LogP contribution in [0.15, 0.2) is 197 Å². The van der Waals surface area contributed by atoms with Crippen LogP contribution in [0.4, 0.5) is 34.1 Å². The van der Waals surface area contributed by atoms with Crippen LogP contribution in [0.1, 0.15) is 0 Å². The first-order chi connectivity index (χ1) is 26.7. The average molecular weight is 694 g/mol. The number of nitrogens with zero attached hydrogens (tertiary/aromatic N) is 3. The minimum absolute atomic E-state index is 0.0190. The second-order valence-corrected chi connectivity index (χ2v) is 13.7. The van der Waals surface area contributed by atoms with E-state index in [0.717, 1.165) is 50.9 Å². The molecule has 8 aromatic carbocycles. The van der Waals surface area contributed by atoms with Crippen molar-refractivity contribution in [2.75, 3.05) is 9.80 Å². The lowest BCUT2D eigenvalue weighted by Crippen LogP contribution is -2.24. The fourth-order valence-electron chi connectivity index (χ4n) is 8.24.